The van der Waals surface area contributed by atoms with Crippen molar-refractivity contribution >= 4 is 0 Å². The maximum atomic E-state index is 6.31. The molecule has 6 rings (SSSR count). The molecule has 2 spiro atoms. The Hall–Kier alpha value is -0.160. The van der Waals surface area contributed by atoms with Crippen molar-refractivity contribution in [2.24, 2.45) is 34.0 Å². The van der Waals surface area contributed by atoms with Crippen molar-refractivity contribution < 1.29 is 18.9 Å². The lowest BCUT2D eigenvalue weighted by atomic mass is 9.40. The molecule has 1 unspecified atom stereocenters. The van der Waals surface area contributed by atoms with Gasteiger partial charge in [-0.3, -0.25) is 0 Å². The molecule has 4 saturated carbocycles. The molecule has 28 heavy (non-hydrogen) atoms. The molecule has 2 saturated heterocycles. The van der Waals surface area contributed by atoms with Crippen LogP contribution in [0.1, 0.15) is 78.6 Å². The van der Waals surface area contributed by atoms with Crippen molar-refractivity contribution in [2.75, 3.05) is 26.4 Å². The molecule has 2 aliphatic heterocycles. The molecule has 6 aliphatic rings. The fourth-order valence-electron chi connectivity index (χ4n) is 9.24. The molecule has 0 aromatic heterocycles. The van der Waals surface area contributed by atoms with Crippen LogP contribution in [0.5, 0.6) is 0 Å². The van der Waals surface area contributed by atoms with Gasteiger partial charge in [0.05, 0.1) is 26.4 Å². The Labute approximate surface area is 170 Å². The van der Waals surface area contributed by atoms with E-state index in [9.17, 15) is 0 Å². The summed E-state index contributed by atoms with van der Waals surface area (Å²) in [7, 11) is 0. The summed E-state index contributed by atoms with van der Waals surface area (Å²) in [5, 5.41) is 0. The van der Waals surface area contributed by atoms with Gasteiger partial charge in [0, 0.05) is 24.7 Å². The molecule has 4 aliphatic carbocycles. The molecule has 4 nitrogen and oxygen atoms in total. The standard InChI is InChI=1S/C24H38O4/c1-20-7-4-17-18(21(20,2)10-11-23(16-20)25-12-13-26-23)5-8-22(3)19(17)6-9-24(22)27-14-15-28-24/h17-19H,4-16H2,1-3H3/t17-,18+,19+,20?,21-,22+/m0/s1. The Balaban J connectivity index is 1.31. The van der Waals surface area contributed by atoms with Crippen molar-refractivity contribution in [3.63, 3.8) is 0 Å². The Bertz CT molecular complexity index is 651. The van der Waals surface area contributed by atoms with Crippen LogP contribution in [0.4, 0.5) is 0 Å². The Morgan fingerprint density at radius 2 is 1.25 bits per heavy atom. The molecule has 0 bridgehead atoms. The fourth-order valence-corrected chi connectivity index (χ4v) is 9.24. The molecule has 4 heteroatoms. The Kier molecular flexibility index (Phi) is 3.82. The first kappa shape index (κ1) is 18.6. The van der Waals surface area contributed by atoms with Gasteiger partial charge >= 0.3 is 0 Å². The van der Waals surface area contributed by atoms with Gasteiger partial charge in [0.2, 0.25) is 0 Å². The van der Waals surface area contributed by atoms with Gasteiger partial charge in [0.15, 0.2) is 11.6 Å². The number of hydrogen-bond donors (Lipinski definition) is 0. The highest BCUT2D eigenvalue weighted by Crippen LogP contribution is 2.73. The van der Waals surface area contributed by atoms with E-state index in [2.05, 4.69) is 20.8 Å². The van der Waals surface area contributed by atoms with Gasteiger partial charge in [0.25, 0.3) is 0 Å². The van der Waals surface area contributed by atoms with Gasteiger partial charge in [-0.2, -0.15) is 0 Å². The molecule has 0 amide bonds. The summed E-state index contributed by atoms with van der Waals surface area (Å²) in [6, 6.07) is 0. The maximum absolute atomic E-state index is 6.31. The molecule has 6 atom stereocenters. The number of ether oxygens (including phenoxy) is 4. The van der Waals surface area contributed by atoms with E-state index in [1.54, 1.807) is 0 Å². The van der Waals surface area contributed by atoms with E-state index < -0.39 is 0 Å². The first-order chi connectivity index (χ1) is 13.4. The molecule has 2 heterocycles. The van der Waals surface area contributed by atoms with Crippen LogP contribution in [0.2, 0.25) is 0 Å². The second kappa shape index (κ2) is 5.75. The average molecular weight is 391 g/mol. The van der Waals surface area contributed by atoms with Gasteiger partial charge < -0.3 is 18.9 Å². The SMILES string of the molecule is CC12CC[C@H]3[C@@H](CC[C@]4(C)[C@@H]3CCC43OCCO3)[C@]1(C)CCC1(C2)OCCO1. The highest BCUT2D eigenvalue weighted by molar-refractivity contribution is 5.15. The molecule has 0 radical (unpaired) electrons. The van der Waals surface area contributed by atoms with Crippen LogP contribution in [-0.2, 0) is 18.9 Å². The van der Waals surface area contributed by atoms with Crippen molar-refractivity contribution in [1.82, 2.24) is 0 Å². The zero-order valence-corrected chi connectivity index (χ0v) is 18.1. The summed E-state index contributed by atoms with van der Waals surface area (Å²) < 4.78 is 25.0. The summed E-state index contributed by atoms with van der Waals surface area (Å²) in [6.45, 7) is 10.8. The molecule has 0 N–H and O–H groups in total. The molecular weight excluding hydrogens is 352 g/mol. The lowest BCUT2D eigenvalue weighted by Crippen LogP contribution is -2.61. The van der Waals surface area contributed by atoms with Gasteiger partial charge in [0.1, 0.15) is 0 Å². The average Bonchev–Trinajstić information content (AvgIpc) is 3.39. The first-order valence-electron chi connectivity index (χ1n) is 11.9. The lowest BCUT2D eigenvalue weighted by Gasteiger charge is -2.66. The van der Waals surface area contributed by atoms with E-state index in [1.807, 2.05) is 0 Å². The third kappa shape index (κ3) is 2.11. The topological polar surface area (TPSA) is 36.9 Å². The van der Waals surface area contributed by atoms with E-state index >= 15 is 0 Å². The second-order valence-electron chi connectivity index (χ2n) is 11.6. The summed E-state index contributed by atoms with van der Waals surface area (Å²) in [6.07, 6.45) is 11.1. The van der Waals surface area contributed by atoms with Crippen molar-refractivity contribution in [3.05, 3.63) is 0 Å². The van der Waals surface area contributed by atoms with Crippen LogP contribution >= 0.6 is 0 Å². The monoisotopic (exact) mass is 390 g/mol. The normalized spacial score (nSPS) is 53.9. The Morgan fingerprint density at radius 1 is 0.607 bits per heavy atom. The quantitative estimate of drug-likeness (QED) is 0.589. The van der Waals surface area contributed by atoms with E-state index in [-0.39, 0.29) is 17.0 Å². The third-order valence-corrected chi connectivity index (χ3v) is 11.0. The predicted octanol–water partition coefficient (Wildman–Crippen LogP) is 4.91. The van der Waals surface area contributed by atoms with E-state index in [0.29, 0.717) is 10.8 Å². The third-order valence-electron chi connectivity index (χ3n) is 11.0. The van der Waals surface area contributed by atoms with Gasteiger partial charge in [-0.1, -0.05) is 20.8 Å². The minimum Gasteiger partial charge on any atom is -0.348 e. The molecule has 0 aromatic carbocycles. The highest BCUT2D eigenvalue weighted by atomic mass is 16.7. The minimum atomic E-state index is -0.271. The summed E-state index contributed by atoms with van der Waals surface area (Å²) in [4.78, 5) is 0. The molecular formula is C24H38O4. The summed E-state index contributed by atoms with van der Waals surface area (Å²) in [5.74, 6) is 1.89. The lowest BCUT2D eigenvalue weighted by molar-refractivity contribution is -0.273. The van der Waals surface area contributed by atoms with E-state index in [1.165, 1.54) is 38.5 Å². The second-order valence-corrected chi connectivity index (χ2v) is 11.6. The van der Waals surface area contributed by atoms with Crippen molar-refractivity contribution in [3.8, 4) is 0 Å². The first-order valence-corrected chi connectivity index (χ1v) is 11.9. The molecule has 0 aromatic rings. The number of fused-ring (bicyclic) bond motifs is 6. The Morgan fingerprint density at radius 3 is 2.00 bits per heavy atom. The summed E-state index contributed by atoms with van der Waals surface area (Å²) in [5.41, 5.74) is 0.953. The maximum Gasteiger partial charge on any atom is 0.174 e. The van der Waals surface area contributed by atoms with Crippen LogP contribution in [0.15, 0.2) is 0 Å². The van der Waals surface area contributed by atoms with Crippen LogP contribution in [0, 0.1) is 34.0 Å². The largest absolute Gasteiger partial charge is 0.348 e. The smallest absolute Gasteiger partial charge is 0.174 e. The van der Waals surface area contributed by atoms with Crippen LogP contribution < -0.4 is 0 Å². The summed E-state index contributed by atoms with van der Waals surface area (Å²) >= 11 is 0. The number of hydrogen-bond acceptors (Lipinski definition) is 4. The molecule has 158 valence electrons. The predicted molar refractivity (Wildman–Crippen MR) is 106 cm³/mol. The van der Waals surface area contributed by atoms with Crippen LogP contribution in [-0.4, -0.2) is 38.0 Å². The number of rotatable bonds is 0. The fraction of sp³-hybridized carbons (Fsp3) is 1.00. The van der Waals surface area contributed by atoms with Crippen molar-refractivity contribution in [1.29, 1.82) is 0 Å². The minimum absolute atomic E-state index is 0.211. The van der Waals surface area contributed by atoms with Crippen molar-refractivity contribution in [2.45, 2.75) is 90.1 Å². The zero-order valence-electron chi connectivity index (χ0n) is 18.1. The van der Waals surface area contributed by atoms with Gasteiger partial charge in [-0.25, -0.2) is 0 Å². The van der Waals surface area contributed by atoms with Crippen LogP contribution in [0.3, 0.4) is 0 Å². The van der Waals surface area contributed by atoms with Crippen LogP contribution in [0.25, 0.3) is 0 Å². The zero-order chi connectivity index (χ0) is 19.3. The molecule has 6 fully saturated rings. The van der Waals surface area contributed by atoms with Gasteiger partial charge in [-0.05, 0) is 67.1 Å². The van der Waals surface area contributed by atoms with Gasteiger partial charge in [-0.15, -0.1) is 0 Å². The van der Waals surface area contributed by atoms with E-state index in [4.69, 9.17) is 18.9 Å². The highest BCUT2D eigenvalue weighted by Gasteiger charge is 2.69. The van der Waals surface area contributed by atoms with E-state index in [0.717, 1.165) is 63.4 Å².